The fraction of sp³-hybridized carbons (Fsp3) is 0.375. The van der Waals surface area contributed by atoms with Gasteiger partial charge in [0.2, 0.25) is 0 Å². The van der Waals surface area contributed by atoms with Crippen LogP contribution in [0, 0.1) is 0 Å². The maximum absolute atomic E-state index is 11.9. The summed E-state index contributed by atoms with van der Waals surface area (Å²) < 4.78 is 4.85. The number of esters is 1. The third kappa shape index (κ3) is 2.33. The van der Waals surface area contributed by atoms with Crippen LogP contribution in [0.25, 0.3) is 11.3 Å². The van der Waals surface area contributed by atoms with Crippen molar-refractivity contribution in [3.63, 3.8) is 0 Å². The van der Waals surface area contributed by atoms with Gasteiger partial charge in [0.05, 0.1) is 12.8 Å². The molecule has 1 aromatic carbocycles. The Morgan fingerprint density at radius 2 is 1.95 bits per heavy atom. The lowest BCUT2D eigenvalue weighted by molar-refractivity contribution is 0.0595. The lowest BCUT2D eigenvalue weighted by Gasteiger charge is -2.03. The molecule has 0 saturated heterocycles. The van der Waals surface area contributed by atoms with Crippen molar-refractivity contribution in [2.75, 3.05) is 7.11 Å². The number of ether oxygens (including phenoxy) is 1. The van der Waals surface area contributed by atoms with Crippen molar-refractivity contribution >= 4 is 5.97 Å². The summed E-state index contributed by atoms with van der Waals surface area (Å²) in [5.74, 6) is 0.974. The molecule has 0 spiro atoms. The van der Waals surface area contributed by atoms with Gasteiger partial charge in [0, 0.05) is 11.5 Å². The van der Waals surface area contributed by atoms with Crippen molar-refractivity contribution in [3.8, 4) is 11.3 Å². The number of aromatic amines is 1. The highest BCUT2D eigenvalue weighted by atomic mass is 16.5. The van der Waals surface area contributed by atoms with Gasteiger partial charge in [-0.2, -0.15) is 0 Å². The third-order valence-electron chi connectivity index (χ3n) is 3.91. The molecule has 0 radical (unpaired) electrons. The lowest BCUT2D eigenvalue weighted by atomic mass is 10.1. The number of benzene rings is 1. The first kappa shape index (κ1) is 12.9. The molecule has 1 fully saturated rings. The van der Waals surface area contributed by atoms with Gasteiger partial charge in [-0.1, -0.05) is 43.2 Å². The number of hydrogen-bond acceptors (Lipinski definition) is 3. The Balaban J connectivity index is 2.04. The number of methoxy groups -OCH3 is 1. The lowest BCUT2D eigenvalue weighted by Crippen LogP contribution is -2.04. The Morgan fingerprint density at radius 3 is 2.60 bits per heavy atom. The molecule has 3 rings (SSSR count). The smallest absolute Gasteiger partial charge is 0.358 e. The third-order valence-corrected chi connectivity index (χ3v) is 3.91. The summed E-state index contributed by atoms with van der Waals surface area (Å²) in [4.78, 5) is 19.8. The molecular formula is C16H18N2O2. The highest BCUT2D eigenvalue weighted by molar-refractivity contribution is 5.94. The van der Waals surface area contributed by atoms with E-state index < -0.39 is 0 Å². The molecule has 104 valence electrons. The minimum absolute atomic E-state index is 0.385. The van der Waals surface area contributed by atoms with E-state index in [0.29, 0.717) is 11.6 Å². The molecule has 4 heteroatoms. The molecule has 0 atom stereocenters. The van der Waals surface area contributed by atoms with E-state index in [0.717, 1.165) is 29.9 Å². The standard InChI is InChI=1S/C16H18N2O2/c1-20-16(19)14-13(11-7-3-2-4-8-11)17-15(18-14)12-9-5-6-10-12/h2-4,7-8,12H,5-6,9-10H2,1H3,(H,17,18). The van der Waals surface area contributed by atoms with Crippen molar-refractivity contribution in [2.24, 2.45) is 0 Å². The van der Waals surface area contributed by atoms with Crippen LogP contribution in [-0.2, 0) is 4.74 Å². The average Bonchev–Trinajstić information content (AvgIpc) is 3.16. The first-order chi connectivity index (χ1) is 9.79. The molecule has 0 amide bonds. The van der Waals surface area contributed by atoms with Gasteiger partial charge < -0.3 is 9.72 Å². The zero-order valence-electron chi connectivity index (χ0n) is 11.6. The fourth-order valence-corrected chi connectivity index (χ4v) is 2.84. The molecule has 4 nitrogen and oxygen atoms in total. The molecule has 2 aromatic rings. The Kier molecular flexibility index (Phi) is 3.54. The van der Waals surface area contributed by atoms with E-state index in [9.17, 15) is 4.79 Å². The Labute approximate surface area is 118 Å². The topological polar surface area (TPSA) is 55.0 Å². The second-order valence-corrected chi connectivity index (χ2v) is 5.18. The number of hydrogen-bond donors (Lipinski definition) is 1. The summed E-state index contributed by atoms with van der Waals surface area (Å²) in [7, 11) is 1.39. The number of H-pyrrole nitrogens is 1. The van der Waals surface area contributed by atoms with E-state index in [1.165, 1.54) is 20.0 Å². The number of imidazole rings is 1. The fourth-order valence-electron chi connectivity index (χ4n) is 2.84. The average molecular weight is 270 g/mol. The zero-order chi connectivity index (χ0) is 13.9. The van der Waals surface area contributed by atoms with Gasteiger partial charge in [-0.05, 0) is 12.8 Å². The van der Waals surface area contributed by atoms with Crippen LogP contribution < -0.4 is 0 Å². The van der Waals surface area contributed by atoms with Crippen molar-refractivity contribution in [3.05, 3.63) is 41.9 Å². The normalized spacial score (nSPS) is 15.4. The van der Waals surface area contributed by atoms with Crippen molar-refractivity contribution < 1.29 is 9.53 Å². The monoisotopic (exact) mass is 270 g/mol. The van der Waals surface area contributed by atoms with Gasteiger partial charge in [-0.25, -0.2) is 9.78 Å². The van der Waals surface area contributed by atoms with Crippen LogP contribution in [0.1, 0.15) is 47.9 Å². The number of carbonyl (C=O) groups is 1. The van der Waals surface area contributed by atoms with Crippen molar-refractivity contribution in [1.29, 1.82) is 0 Å². The van der Waals surface area contributed by atoms with Crippen LogP contribution in [0.5, 0.6) is 0 Å². The second kappa shape index (κ2) is 5.49. The number of rotatable bonds is 3. The summed E-state index contributed by atoms with van der Waals surface area (Å²) in [5.41, 5.74) is 2.12. The predicted octanol–water partition coefficient (Wildman–Crippen LogP) is 3.52. The summed E-state index contributed by atoms with van der Waals surface area (Å²) in [5, 5.41) is 0. The number of aromatic nitrogens is 2. The van der Waals surface area contributed by atoms with E-state index in [2.05, 4.69) is 9.97 Å². The quantitative estimate of drug-likeness (QED) is 0.868. The molecule has 1 N–H and O–H groups in total. The van der Waals surface area contributed by atoms with E-state index in [1.54, 1.807) is 0 Å². The molecule has 20 heavy (non-hydrogen) atoms. The highest BCUT2D eigenvalue weighted by Crippen LogP contribution is 2.34. The largest absolute Gasteiger partial charge is 0.464 e. The van der Waals surface area contributed by atoms with Crippen molar-refractivity contribution in [1.82, 2.24) is 9.97 Å². The van der Waals surface area contributed by atoms with Gasteiger partial charge in [0.15, 0.2) is 5.69 Å². The molecule has 1 aromatic heterocycles. The number of nitrogens with zero attached hydrogens (tertiary/aromatic N) is 1. The van der Waals surface area contributed by atoms with E-state index in [4.69, 9.17) is 4.74 Å². The van der Waals surface area contributed by atoms with E-state index in [-0.39, 0.29) is 5.97 Å². The molecule has 0 bridgehead atoms. The van der Waals surface area contributed by atoms with Gasteiger partial charge in [0.25, 0.3) is 0 Å². The molecular weight excluding hydrogens is 252 g/mol. The predicted molar refractivity (Wildman–Crippen MR) is 76.6 cm³/mol. The zero-order valence-corrected chi connectivity index (χ0v) is 11.6. The molecule has 1 heterocycles. The van der Waals surface area contributed by atoms with E-state index >= 15 is 0 Å². The Hall–Kier alpha value is -2.10. The maximum atomic E-state index is 11.9. The van der Waals surface area contributed by atoms with Crippen LogP contribution in [0.3, 0.4) is 0 Å². The molecule has 1 aliphatic carbocycles. The first-order valence-electron chi connectivity index (χ1n) is 7.03. The molecule has 0 aliphatic heterocycles. The summed E-state index contributed by atoms with van der Waals surface area (Å²) in [6.45, 7) is 0. The molecule has 1 aliphatic rings. The van der Waals surface area contributed by atoms with Crippen molar-refractivity contribution in [2.45, 2.75) is 31.6 Å². The molecule has 0 unspecified atom stereocenters. The van der Waals surface area contributed by atoms with Crippen LogP contribution in [0.2, 0.25) is 0 Å². The van der Waals surface area contributed by atoms with Gasteiger partial charge in [-0.3, -0.25) is 0 Å². The number of carbonyl (C=O) groups excluding carboxylic acids is 1. The Morgan fingerprint density at radius 1 is 1.25 bits per heavy atom. The van der Waals surface area contributed by atoms with Gasteiger partial charge in [-0.15, -0.1) is 0 Å². The summed E-state index contributed by atoms with van der Waals surface area (Å²) >= 11 is 0. The van der Waals surface area contributed by atoms with Crippen LogP contribution in [0.15, 0.2) is 30.3 Å². The van der Waals surface area contributed by atoms with Crippen LogP contribution in [-0.4, -0.2) is 23.0 Å². The highest BCUT2D eigenvalue weighted by Gasteiger charge is 2.25. The van der Waals surface area contributed by atoms with Crippen LogP contribution in [0.4, 0.5) is 0 Å². The first-order valence-corrected chi connectivity index (χ1v) is 7.03. The van der Waals surface area contributed by atoms with Gasteiger partial charge in [0.1, 0.15) is 5.82 Å². The number of nitrogens with one attached hydrogen (secondary N) is 1. The molecule has 1 saturated carbocycles. The van der Waals surface area contributed by atoms with Crippen LogP contribution >= 0.6 is 0 Å². The van der Waals surface area contributed by atoms with E-state index in [1.807, 2.05) is 30.3 Å². The Bertz CT molecular complexity index is 598. The summed E-state index contributed by atoms with van der Waals surface area (Å²) in [6, 6.07) is 9.80. The second-order valence-electron chi connectivity index (χ2n) is 5.18. The maximum Gasteiger partial charge on any atom is 0.358 e. The van der Waals surface area contributed by atoms with Gasteiger partial charge >= 0.3 is 5.97 Å². The summed E-state index contributed by atoms with van der Waals surface area (Å²) in [6.07, 6.45) is 4.75. The minimum Gasteiger partial charge on any atom is -0.464 e. The SMILES string of the molecule is COC(=O)c1nc(C2CCCC2)[nH]c1-c1ccccc1. The minimum atomic E-state index is -0.385.